The monoisotopic (exact) mass is 711 g/mol. The van der Waals surface area contributed by atoms with Crippen LogP contribution in [-0.4, -0.2) is 102 Å². The van der Waals surface area contributed by atoms with E-state index in [9.17, 15) is 9.59 Å². The zero-order valence-electron chi connectivity index (χ0n) is 31.0. The van der Waals surface area contributed by atoms with Crippen molar-refractivity contribution >= 4 is 43.0 Å². The Morgan fingerprint density at radius 2 is 1.64 bits per heavy atom. The molecule has 1 aliphatic heterocycles. The summed E-state index contributed by atoms with van der Waals surface area (Å²) in [6.07, 6.45) is 4.70. The number of benzene rings is 1. The van der Waals surface area contributed by atoms with Gasteiger partial charge in [0.05, 0.1) is 19.9 Å². The van der Waals surface area contributed by atoms with Gasteiger partial charge in [0.15, 0.2) is 11.5 Å². The summed E-state index contributed by atoms with van der Waals surface area (Å²) in [5.41, 5.74) is 2.02. The fourth-order valence-electron chi connectivity index (χ4n) is 5.44. The Labute approximate surface area is 303 Å². The maximum atomic E-state index is 13.0. The minimum atomic E-state index is -0.557. The molecule has 0 spiro atoms. The third kappa shape index (κ3) is 11.1. The number of likely N-dealkylation sites (N-methyl/N-ethyl adjacent to an activating group) is 2. The molecule has 2 aromatic heterocycles. The van der Waals surface area contributed by atoms with Crippen molar-refractivity contribution in [3.05, 3.63) is 48.3 Å². The lowest BCUT2D eigenvalue weighted by atomic mass is 10.1. The number of aromatic nitrogens is 3. The number of hydrogen-bond acceptors (Lipinski definition) is 12. The van der Waals surface area contributed by atoms with E-state index in [4.69, 9.17) is 23.9 Å². The van der Waals surface area contributed by atoms with Gasteiger partial charge in [0, 0.05) is 69.0 Å². The van der Waals surface area contributed by atoms with Gasteiger partial charge in [0.1, 0.15) is 23.1 Å². The molecule has 1 amide bonds. The molecule has 0 saturated carbocycles. The van der Waals surface area contributed by atoms with Crippen LogP contribution in [0.5, 0.6) is 11.5 Å². The molecular formula is C36H53N7O6S. The number of anilines is 3. The fraction of sp³-hybridized carbons (Fsp3) is 0.528. The van der Waals surface area contributed by atoms with Crippen LogP contribution in [0.3, 0.4) is 0 Å². The van der Waals surface area contributed by atoms with Gasteiger partial charge in [0.25, 0.3) is 0 Å². The highest BCUT2D eigenvalue weighted by atomic mass is 32.1. The number of likely N-dealkylation sites (tertiary alicyclic amines) is 1. The zero-order valence-corrected chi connectivity index (χ0v) is 32.0. The maximum Gasteiger partial charge on any atom is 0.410 e. The highest BCUT2D eigenvalue weighted by Crippen LogP contribution is 2.37. The van der Waals surface area contributed by atoms with Crippen LogP contribution < -0.4 is 19.7 Å². The molecule has 14 heteroatoms. The first-order valence-corrected chi connectivity index (χ1v) is 16.5. The van der Waals surface area contributed by atoms with E-state index in [1.165, 1.54) is 0 Å². The summed E-state index contributed by atoms with van der Waals surface area (Å²) >= 11 is 0. The lowest BCUT2D eigenvalue weighted by molar-refractivity contribution is -0.160. The SMILES string of the molecule is COc1cc(Nc2nccc(-c3ccnc(N(C)CCN(C)C(=O)OC(C)(C)C)c3)n2)cc(CN2CCCC2C(=O)OC(C)(C)C)c1OC.S. The number of rotatable bonds is 12. The van der Waals surface area contributed by atoms with Crippen molar-refractivity contribution in [2.45, 2.75) is 78.2 Å². The van der Waals surface area contributed by atoms with Crippen LogP contribution in [0.2, 0.25) is 0 Å². The molecule has 3 aromatic rings. The average Bonchev–Trinajstić information content (AvgIpc) is 3.50. The molecule has 1 aromatic carbocycles. The van der Waals surface area contributed by atoms with Crippen molar-refractivity contribution in [1.82, 2.24) is 24.8 Å². The zero-order chi connectivity index (χ0) is 35.9. The second-order valence-corrected chi connectivity index (χ2v) is 14.1. The number of carbonyl (C=O) groups is 2. The van der Waals surface area contributed by atoms with Crippen LogP contribution in [0.4, 0.5) is 22.2 Å². The summed E-state index contributed by atoms with van der Waals surface area (Å²) in [5.74, 6) is 2.07. The molecule has 0 radical (unpaired) electrons. The molecule has 1 saturated heterocycles. The van der Waals surface area contributed by atoms with Crippen molar-refractivity contribution in [1.29, 1.82) is 0 Å². The van der Waals surface area contributed by atoms with Gasteiger partial charge in [-0.3, -0.25) is 9.69 Å². The number of carbonyl (C=O) groups excluding carboxylic acids is 2. The summed E-state index contributed by atoms with van der Waals surface area (Å²) in [7, 11) is 6.84. The molecule has 4 rings (SSSR count). The van der Waals surface area contributed by atoms with E-state index >= 15 is 0 Å². The van der Waals surface area contributed by atoms with E-state index < -0.39 is 11.2 Å². The minimum Gasteiger partial charge on any atom is -0.493 e. The quantitative estimate of drug-likeness (QED) is 0.221. The van der Waals surface area contributed by atoms with Crippen molar-refractivity contribution in [2.75, 3.05) is 58.2 Å². The second kappa shape index (κ2) is 17.1. The minimum absolute atomic E-state index is 0. The molecule has 50 heavy (non-hydrogen) atoms. The summed E-state index contributed by atoms with van der Waals surface area (Å²) in [4.78, 5) is 44.8. The number of hydrogen-bond donors (Lipinski definition) is 1. The lowest BCUT2D eigenvalue weighted by Gasteiger charge is -2.28. The molecule has 0 aliphatic carbocycles. The summed E-state index contributed by atoms with van der Waals surface area (Å²) in [6, 6.07) is 9.15. The summed E-state index contributed by atoms with van der Waals surface area (Å²) in [6.45, 7) is 13.4. The van der Waals surface area contributed by atoms with E-state index in [0.717, 1.165) is 36.3 Å². The third-order valence-corrected chi connectivity index (χ3v) is 7.79. The van der Waals surface area contributed by atoms with Gasteiger partial charge in [0.2, 0.25) is 5.95 Å². The van der Waals surface area contributed by atoms with Gasteiger partial charge >= 0.3 is 12.1 Å². The van der Waals surface area contributed by atoms with E-state index in [-0.39, 0.29) is 31.6 Å². The molecule has 274 valence electrons. The second-order valence-electron chi connectivity index (χ2n) is 14.1. The largest absolute Gasteiger partial charge is 0.493 e. The first kappa shape index (κ1) is 40.1. The van der Waals surface area contributed by atoms with Gasteiger partial charge in [-0.1, -0.05) is 0 Å². The Hall–Kier alpha value is -4.30. The lowest BCUT2D eigenvalue weighted by Crippen LogP contribution is -2.40. The number of ether oxygens (including phenoxy) is 4. The van der Waals surface area contributed by atoms with Crippen molar-refractivity contribution in [3.63, 3.8) is 0 Å². The van der Waals surface area contributed by atoms with E-state index in [0.29, 0.717) is 48.5 Å². The van der Waals surface area contributed by atoms with Crippen LogP contribution in [0.1, 0.15) is 59.9 Å². The van der Waals surface area contributed by atoms with Gasteiger partial charge in [-0.25, -0.2) is 19.7 Å². The molecular weight excluding hydrogens is 659 g/mol. The van der Waals surface area contributed by atoms with Crippen LogP contribution in [0.15, 0.2) is 42.7 Å². The Morgan fingerprint density at radius 1 is 0.940 bits per heavy atom. The van der Waals surface area contributed by atoms with Crippen molar-refractivity contribution < 1.29 is 28.5 Å². The smallest absolute Gasteiger partial charge is 0.410 e. The first-order chi connectivity index (χ1) is 23.1. The molecule has 1 aliphatic rings. The number of esters is 1. The predicted molar refractivity (Wildman–Crippen MR) is 200 cm³/mol. The predicted octanol–water partition coefficient (Wildman–Crippen LogP) is 6.02. The fourth-order valence-corrected chi connectivity index (χ4v) is 5.44. The van der Waals surface area contributed by atoms with Crippen molar-refractivity contribution in [3.8, 4) is 22.8 Å². The standard InChI is InChI=1S/C36H51N7O6.H2S/c1-35(2,3)48-32(44)28-12-11-17-43(28)23-25-20-26(22-29(46-9)31(25)47-10)39-33-38-16-14-27(40-33)24-13-15-37-30(21-24)41(7)18-19-42(8)34(45)49-36(4,5)6;/h13-16,20-22,28H,11-12,17-19,23H2,1-10H3,(H,38,39,40);1H2. The van der Waals surface area contributed by atoms with E-state index in [1.54, 1.807) is 38.6 Å². The number of nitrogens with zero attached hydrogens (tertiary/aromatic N) is 6. The summed E-state index contributed by atoms with van der Waals surface area (Å²) < 4.78 is 22.6. The van der Waals surface area contributed by atoms with Gasteiger partial charge in [-0.05, 0) is 85.2 Å². The molecule has 13 nitrogen and oxygen atoms in total. The Morgan fingerprint density at radius 3 is 2.30 bits per heavy atom. The number of amides is 1. The van der Waals surface area contributed by atoms with Crippen LogP contribution in [-0.2, 0) is 20.8 Å². The number of pyridine rings is 1. The molecule has 3 heterocycles. The van der Waals surface area contributed by atoms with Crippen LogP contribution in [0, 0.1) is 0 Å². The molecule has 1 atom stereocenters. The third-order valence-electron chi connectivity index (χ3n) is 7.79. The van der Waals surface area contributed by atoms with Crippen LogP contribution >= 0.6 is 13.5 Å². The average molecular weight is 712 g/mol. The number of nitrogens with one attached hydrogen (secondary N) is 1. The molecule has 1 unspecified atom stereocenters. The van der Waals surface area contributed by atoms with Gasteiger partial charge in [-0.15, -0.1) is 0 Å². The number of methoxy groups -OCH3 is 2. The maximum absolute atomic E-state index is 13.0. The molecule has 0 bridgehead atoms. The van der Waals surface area contributed by atoms with Gasteiger partial charge < -0.3 is 34.1 Å². The van der Waals surface area contributed by atoms with E-state index in [2.05, 4.69) is 20.2 Å². The topological polar surface area (TPSA) is 131 Å². The van der Waals surface area contributed by atoms with Crippen molar-refractivity contribution in [2.24, 2.45) is 0 Å². The normalized spacial score (nSPS) is 14.7. The molecule has 1 N–H and O–H groups in total. The Bertz CT molecular complexity index is 1610. The Balaban J connectivity index is 0.00000676. The highest BCUT2D eigenvalue weighted by Gasteiger charge is 2.35. The first-order valence-electron chi connectivity index (χ1n) is 16.5. The molecule has 1 fully saturated rings. The highest BCUT2D eigenvalue weighted by molar-refractivity contribution is 7.59. The van der Waals surface area contributed by atoms with Crippen LogP contribution in [0.25, 0.3) is 11.3 Å². The summed E-state index contributed by atoms with van der Waals surface area (Å²) in [5, 5.41) is 3.32. The Kier molecular flexibility index (Phi) is 13.7. The van der Waals surface area contributed by atoms with E-state index in [1.807, 2.05) is 83.8 Å². The van der Waals surface area contributed by atoms with Gasteiger partial charge in [-0.2, -0.15) is 13.5 Å².